The van der Waals surface area contributed by atoms with E-state index in [9.17, 15) is 0 Å². The second-order valence-corrected chi connectivity index (χ2v) is 8.22. The lowest BCUT2D eigenvalue weighted by atomic mass is 9.81. The molecule has 3 heterocycles. The predicted octanol–water partition coefficient (Wildman–Crippen LogP) is 4.71. The van der Waals surface area contributed by atoms with Crippen LogP contribution in [-0.2, 0) is 13.0 Å². The Morgan fingerprint density at radius 2 is 1.89 bits per heavy atom. The van der Waals surface area contributed by atoms with Crippen molar-refractivity contribution in [3.63, 3.8) is 0 Å². The van der Waals surface area contributed by atoms with Crippen LogP contribution in [0.1, 0.15) is 50.4 Å². The number of hydrogen-bond acceptors (Lipinski definition) is 3. The van der Waals surface area contributed by atoms with E-state index in [-0.39, 0.29) is 0 Å². The Balaban J connectivity index is 1.33. The van der Waals surface area contributed by atoms with Crippen molar-refractivity contribution >= 4 is 23.0 Å². The van der Waals surface area contributed by atoms with Gasteiger partial charge in [-0.3, -0.25) is 4.90 Å². The molecule has 1 aromatic carbocycles. The van der Waals surface area contributed by atoms with E-state index in [1.165, 1.54) is 24.8 Å². The van der Waals surface area contributed by atoms with Crippen LogP contribution in [0.5, 0.6) is 0 Å². The highest BCUT2D eigenvalue weighted by Gasteiger charge is 2.38. The zero-order valence-corrected chi connectivity index (χ0v) is 16.8. The first-order valence-corrected chi connectivity index (χ1v) is 10.6. The van der Waals surface area contributed by atoms with Crippen molar-refractivity contribution in [2.24, 2.45) is 0 Å². The lowest BCUT2D eigenvalue weighted by Gasteiger charge is -2.48. The van der Waals surface area contributed by atoms with Crippen molar-refractivity contribution in [3.8, 4) is 0 Å². The first-order valence-electron chi connectivity index (χ1n) is 10.2. The van der Waals surface area contributed by atoms with Crippen molar-refractivity contribution in [1.82, 2.24) is 10.2 Å². The summed E-state index contributed by atoms with van der Waals surface area (Å²) >= 11 is 5.58. The lowest BCUT2D eigenvalue weighted by Crippen LogP contribution is -2.56. The molecule has 144 valence electrons. The van der Waals surface area contributed by atoms with Gasteiger partial charge in [0.25, 0.3) is 0 Å². The molecule has 5 heteroatoms. The molecule has 4 rings (SSSR count). The molecule has 2 aromatic rings. The number of nitrogens with one attached hydrogen (secondary N) is 2. The maximum Gasteiger partial charge on any atom is 0.170 e. The van der Waals surface area contributed by atoms with E-state index in [1.54, 1.807) is 6.26 Å². The van der Waals surface area contributed by atoms with Gasteiger partial charge in [0.15, 0.2) is 5.11 Å². The number of rotatable bonds is 5. The van der Waals surface area contributed by atoms with Gasteiger partial charge in [-0.15, -0.1) is 0 Å². The maximum atomic E-state index is 5.59. The standard InChI is InChI=1S/C22H29N3OS/c1-2-16-8-10-17(11-9-16)23-22(27)24-18-13-19-5-3-6-20(14-18)25(19)15-21-7-4-12-26-21/h4,7-12,18-20H,2-3,5-6,13-15H2,1H3,(H2,23,24,27)/t19-,20-/m0/s1. The topological polar surface area (TPSA) is 40.4 Å². The summed E-state index contributed by atoms with van der Waals surface area (Å²) in [6.07, 6.45) is 9.01. The minimum atomic E-state index is 0.447. The summed E-state index contributed by atoms with van der Waals surface area (Å²) in [7, 11) is 0. The molecule has 0 spiro atoms. The van der Waals surface area contributed by atoms with Gasteiger partial charge in [-0.05, 0) is 74.2 Å². The number of fused-ring (bicyclic) bond motifs is 2. The third-order valence-electron chi connectivity index (χ3n) is 6.00. The highest BCUT2D eigenvalue weighted by Crippen LogP contribution is 2.35. The molecule has 27 heavy (non-hydrogen) atoms. The Morgan fingerprint density at radius 1 is 1.15 bits per heavy atom. The van der Waals surface area contributed by atoms with Gasteiger partial charge in [0, 0.05) is 23.8 Å². The monoisotopic (exact) mass is 383 g/mol. The van der Waals surface area contributed by atoms with E-state index in [2.05, 4.69) is 52.8 Å². The molecule has 2 N–H and O–H groups in total. The molecule has 2 saturated heterocycles. The van der Waals surface area contributed by atoms with Gasteiger partial charge in [0.2, 0.25) is 0 Å². The quantitative estimate of drug-likeness (QED) is 0.732. The highest BCUT2D eigenvalue weighted by molar-refractivity contribution is 7.80. The van der Waals surface area contributed by atoms with Gasteiger partial charge in [0.05, 0.1) is 12.8 Å². The largest absolute Gasteiger partial charge is 0.468 e. The van der Waals surface area contributed by atoms with E-state index >= 15 is 0 Å². The number of furan rings is 1. The minimum absolute atomic E-state index is 0.447. The molecule has 0 amide bonds. The van der Waals surface area contributed by atoms with Crippen LogP contribution in [0, 0.1) is 0 Å². The van der Waals surface area contributed by atoms with Crippen LogP contribution in [-0.4, -0.2) is 28.1 Å². The van der Waals surface area contributed by atoms with Crippen LogP contribution in [0.15, 0.2) is 47.1 Å². The third-order valence-corrected chi connectivity index (χ3v) is 6.22. The number of hydrogen-bond donors (Lipinski definition) is 2. The molecule has 2 atom stereocenters. The highest BCUT2D eigenvalue weighted by atomic mass is 32.1. The van der Waals surface area contributed by atoms with Gasteiger partial charge in [0.1, 0.15) is 5.76 Å². The van der Waals surface area contributed by atoms with Gasteiger partial charge in [-0.25, -0.2) is 0 Å². The van der Waals surface area contributed by atoms with Crippen LogP contribution >= 0.6 is 12.2 Å². The fourth-order valence-electron chi connectivity index (χ4n) is 4.61. The lowest BCUT2D eigenvalue weighted by molar-refractivity contribution is 0.0161. The predicted molar refractivity (Wildman–Crippen MR) is 114 cm³/mol. The number of thiocarbonyl (C=S) groups is 1. The molecule has 2 fully saturated rings. The van der Waals surface area contributed by atoms with Crippen molar-refractivity contribution in [3.05, 3.63) is 54.0 Å². The van der Waals surface area contributed by atoms with Crippen LogP contribution in [0.25, 0.3) is 0 Å². The van der Waals surface area contributed by atoms with Gasteiger partial charge in [-0.2, -0.15) is 0 Å². The smallest absolute Gasteiger partial charge is 0.170 e. The summed E-state index contributed by atoms with van der Waals surface area (Å²) < 4.78 is 5.59. The minimum Gasteiger partial charge on any atom is -0.468 e. The second kappa shape index (κ2) is 8.44. The molecule has 0 saturated carbocycles. The number of benzene rings is 1. The molecule has 2 bridgehead atoms. The second-order valence-electron chi connectivity index (χ2n) is 7.81. The fraction of sp³-hybridized carbons (Fsp3) is 0.500. The summed E-state index contributed by atoms with van der Waals surface area (Å²) in [4.78, 5) is 2.65. The molecule has 0 radical (unpaired) electrons. The Hall–Kier alpha value is -1.85. The zero-order chi connectivity index (χ0) is 18.6. The van der Waals surface area contributed by atoms with E-state index in [0.717, 1.165) is 42.4 Å². The first kappa shape index (κ1) is 18.5. The van der Waals surface area contributed by atoms with Gasteiger partial charge < -0.3 is 15.1 Å². The van der Waals surface area contributed by atoms with Crippen LogP contribution in [0.3, 0.4) is 0 Å². The van der Waals surface area contributed by atoms with E-state index in [4.69, 9.17) is 16.6 Å². The van der Waals surface area contributed by atoms with E-state index < -0.39 is 0 Å². The van der Waals surface area contributed by atoms with Crippen LogP contribution < -0.4 is 10.6 Å². The van der Waals surface area contributed by atoms with Crippen LogP contribution in [0.2, 0.25) is 0 Å². The molecule has 0 aliphatic carbocycles. The van der Waals surface area contributed by atoms with Crippen molar-refractivity contribution in [2.45, 2.75) is 70.1 Å². The van der Waals surface area contributed by atoms with Gasteiger partial charge in [-0.1, -0.05) is 25.5 Å². The van der Waals surface area contributed by atoms with E-state index in [1.807, 2.05) is 6.07 Å². The molecule has 1 aromatic heterocycles. The number of anilines is 1. The number of aryl methyl sites for hydroxylation is 1. The van der Waals surface area contributed by atoms with Crippen molar-refractivity contribution in [1.29, 1.82) is 0 Å². The molecule has 4 nitrogen and oxygen atoms in total. The summed E-state index contributed by atoms with van der Waals surface area (Å²) in [5, 5.41) is 7.66. The molecular formula is C22H29N3OS. The molecule has 2 aliphatic heterocycles. The summed E-state index contributed by atoms with van der Waals surface area (Å²) in [5.74, 6) is 1.08. The summed E-state index contributed by atoms with van der Waals surface area (Å²) in [6.45, 7) is 3.10. The average Bonchev–Trinajstić information content (AvgIpc) is 3.16. The van der Waals surface area contributed by atoms with E-state index in [0.29, 0.717) is 18.1 Å². The summed E-state index contributed by atoms with van der Waals surface area (Å²) in [6, 6.07) is 14.3. The third kappa shape index (κ3) is 4.53. The SMILES string of the molecule is CCc1ccc(NC(=S)NC2C[C@@H]3CCC[C@@H](C2)N3Cc2ccco2)cc1. The first-order chi connectivity index (χ1) is 13.2. The molecule has 0 unspecified atom stereocenters. The summed E-state index contributed by atoms with van der Waals surface area (Å²) in [5.41, 5.74) is 2.40. The van der Waals surface area contributed by atoms with Crippen LogP contribution in [0.4, 0.5) is 5.69 Å². The average molecular weight is 384 g/mol. The fourth-order valence-corrected chi connectivity index (χ4v) is 4.90. The maximum absolute atomic E-state index is 5.59. The zero-order valence-electron chi connectivity index (χ0n) is 16.0. The molecular weight excluding hydrogens is 354 g/mol. The van der Waals surface area contributed by atoms with Crippen molar-refractivity contribution in [2.75, 3.05) is 5.32 Å². The number of nitrogens with zero attached hydrogens (tertiary/aromatic N) is 1. The normalized spacial score (nSPS) is 25.1. The van der Waals surface area contributed by atoms with Crippen molar-refractivity contribution < 1.29 is 4.42 Å². The molecule has 2 aliphatic rings. The Morgan fingerprint density at radius 3 is 2.52 bits per heavy atom. The van der Waals surface area contributed by atoms with Gasteiger partial charge >= 0.3 is 0 Å². The Labute approximate surface area is 167 Å². The number of piperidine rings is 2. The Kier molecular flexibility index (Phi) is 5.79. The Bertz CT molecular complexity index is 729.